The smallest absolute Gasteiger partial charge is 0.319 e. The maximum absolute atomic E-state index is 11.2. The summed E-state index contributed by atoms with van der Waals surface area (Å²) in [6.45, 7) is 3.34. The minimum atomic E-state index is -0.228. The number of ether oxygens (including phenoxy) is 1. The van der Waals surface area contributed by atoms with Crippen LogP contribution in [0, 0.1) is 0 Å². The molecular formula is C12H17Cl2NO2. The normalized spacial score (nSPS) is 9.53. The lowest BCUT2D eigenvalue weighted by Crippen LogP contribution is -2.24. The third-order valence-electron chi connectivity index (χ3n) is 2.11. The zero-order valence-corrected chi connectivity index (χ0v) is 11.3. The summed E-state index contributed by atoms with van der Waals surface area (Å²) in [5.41, 5.74) is 1.00. The number of rotatable bonds is 6. The first kappa shape index (κ1) is 16.2. The molecule has 0 unspecified atom stereocenters. The fourth-order valence-electron chi connectivity index (χ4n) is 1.25. The Morgan fingerprint density at radius 2 is 2.12 bits per heavy atom. The lowest BCUT2D eigenvalue weighted by atomic mass is 10.2. The van der Waals surface area contributed by atoms with E-state index < -0.39 is 0 Å². The van der Waals surface area contributed by atoms with Crippen molar-refractivity contribution in [3.05, 3.63) is 34.9 Å². The van der Waals surface area contributed by atoms with E-state index in [-0.39, 0.29) is 24.9 Å². The van der Waals surface area contributed by atoms with Crippen LogP contribution in [-0.4, -0.2) is 25.7 Å². The highest BCUT2D eigenvalue weighted by atomic mass is 35.5. The number of nitrogens with one attached hydrogen (secondary N) is 1. The van der Waals surface area contributed by atoms with Crippen molar-refractivity contribution in [2.24, 2.45) is 0 Å². The van der Waals surface area contributed by atoms with E-state index in [1.54, 1.807) is 0 Å². The molecule has 0 aliphatic heterocycles. The molecule has 17 heavy (non-hydrogen) atoms. The zero-order valence-electron chi connectivity index (χ0n) is 9.74. The van der Waals surface area contributed by atoms with Gasteiger partial charge in [0.1, 0.15) is 0 Å². The van der Waals surface area contributed by atoms with Gasteiger partial charge in [-0.15, -0.1) is 12.4 Å². The van der Waals surface area contributed by atoms with Gasteiger partial charge in [0.25, 0.3) is 0 Å². The van der Waals surface area contributed by atoms with Gasteiger partial charge in [-0.05, 0) is 18.2 Å². The third kappa shape index (κ3) is 6.51. The van der Waals surface area contributed by atoms with Crippen LogP contribution in [0.4, 0.5) is 0 Å². The fourth-order valence-corrected chi connectivity index (χ4v) is 1.48. The highest BCUT2D eigenvalue weighted by Crippen LogP contribution is 2.15. The summed E-state index contributed by atoms with van der Waals surface area (Å²) < 4.78 is 5.04. The Hall–Kier alpha value is -0.770. The molecule has 5 heteroatoms. The lowest BCUT2D eigenvalue weighted by Gasteiger charge is -2.06. The third-order valence-corrected chi connectivity index (χ3v) is 2.48. The van der Waals surface area contributed by atoms with Crippen molar-refractivity contribution in [3.63, 3.8) is 0 Å². The van der Waals surface area contributed by atoms with Gasteiger partial charge in [0, 0.05) is 11.4 Å². The van der Waals surface area contributed by atoms with Gasteiger partial charge in [0.05, 0.1) is 13.2 Å². The second-order valence-electron chi connectivity index (χ2n) is 3.34. The summed E-state index contributed by atoms with van der Waals surface area (Å²) in [6, 6.07) is 7.56. The second-order valence-corrected chi connectivity index (χ2v) is 3.75. The SMILES string of the molecule is CCNCC(=O)OCCc1ccccc1Cl.Cl. The van der Waals surface area contributed by atoms with E-state index >= 15 is 0 Å². The Labute approximate surface area is 113 Å². The largest absolute Gasteiger partial charge is 0.464 e. The molecule has 1 aromatic rings. The lowest BCUT2D eigenvalue weighted by molar-refractivity contribution is -0.142. The number of halogens is 2. The summed E-state index contributed by atoms with van der Waals surface area (Å²) >= 11 is 5.97. The van der Waals surface area contributed by atoms with Gasteiger partial charge in [-0.1, -0.05) is 36.7 Å². The van der Waals surface area contributed by atoms with Crippen molar-refractivity contribution in [1.29, 1.82) is 0 Å². The zero-order chi connectivity index (χ0) is 11.8. The molecule has 0 aliphatic carbocycles. The number of hydrogen-bond donors (Lipinski definition) is 1. The van der Waals surface area contributed by atoms with Crippen molar-refractivity contribution >= 4 is 30.0 Å². The number of likely N-dealkylation sites (N-methyl/N-ethyl adjacent to an activating group) is 1. The molecule has 96 valence electrons. The van der Waals surface area contributed by atoms with E-state index in [1.807, 2.05) is 31.2 Å². The van der Waals surface area contributed by atoms with Crippen molar-refractivity contribution in [1.82, 2.24) is 5.32 Å². The first-order chi connectivity index (χ1) is 7.74. The van der Waals surface area contributed by atoms with E-state index in [9.17, 15) is 4.79 Å². The Kier molecular flexibility index (Phi) is 8.86. The Bertz CT molecular complexity index is 345. The molecule has 0 heterocycles. The predicted molar refractivity (Wildman–Crippen MR) is 71.9 cm³/mol. The molecule has 0 bridgehead atoms. The summed E-state index contributed by atoms with van der Waals surface area (Å²) in [7, 11) is 0. The summed E-state index contributed by atoms with van der Waals surface area (Å²) in [5.74, 6) is -0.228. The minimum absolute atomic E-state index is 0. The first-order valence-electron chi connectivity index (χ1n) is 5.33. The molecule has 1 aromatic carbocycles. The maximum atomic E-state index is 11.2. The highest BCUT2D eigenvalue weighted by Gasteiger charge is 2.03. The van der Waals surface area contributed by atoms with E-state index in [0.29, 0.717) is 18.1 Å². The number of benzene rings is 1. The Morgan fingerprint density at radius 3 is 2.76 bits per heavy atom. The van der Waals surface area contributed by atoms with Crippen LogP contribution < -0.4 is 5.32 Å². The highest BCUT2D eigenvalue weighted by molar-refractivity contribution is 6.31. The van der Waals surface area contributed by atoms with Crippen LogP contribution in [0.3, 0.4) is 0 Å². The average molecular weight is 278 g/mol. The van der Waals surface area contributed by atoms with Gasteiger partial charge >= 0.3 is 5.97 Å². The van der Waals surface area contributed by atoms with Gasteiger partial charge in [0.15, 0.2) is 0 Å². The van der Waals surface area contributed by atoms with E-state index in [2.05, 4.69) is 5.32 Å². The molecule has 0 aromatic heterocycles. The summed E-state index contributed by atoms with van der Waals surface area (Å²) in [4.78, 5) is 11.2. The van der Waals surface area contributed by atoms with Crippen molar-refractivity contribution in [2.45, 2.75) is 13.3 Å². The van der Waals surface area contributed by atoms with Crippen LogP contribution in [0.1, 0.15) is 12.5 Å². The van der Waals surface area contributed by atoms with Gasteiger partial charge in [-0.25, -0.2) is 0 Å². The molecule has 0 saturated heterocycles. The quantitative estimate of drug-likeness (QED) is 0.812. The topological polar surface area (TPSA) is 38.3 Å². The molecule has 1 N–H and O–H groups in total. The first-order valence-corrected chi connectivity index (χ1v) is 5.71. The molecule has 0 atom stereocenters. The number of esters is 1. The molecule has 0 amide bonds. The molecule has 0 fully saturated rings. The van der Waals surface area contributed by atoms with Gasteiger partial charge in [-0.3, -0.25) is 4.79 Å². The fraction of sp³-hybridized carbons (Fsp3) is 0.417. The van der Waals surface area contributed by atoms with Crippen molar-refractivity contribution in [2.75, 3.05) is 19.7 Å². The van der Waals surface area contributed by atoms with Crippen LogP contribution in [-0.2, 0) is 16.0 Å². The molecule has 0 spiro atoms. The number of carbonyl (C=O) groups is 1. The maximum Gasteiger partial charge on any atom is 0.319 e. The summed E-state index contributed by atoms with van der Waals surface area (Å²) in [5, 5.41) is 3.62. The Morgan fingerprint density at radius 1 is 1.41 bits per heavy atom. The van der Waals surface area contributed by atoms with Crippen LogP contribution in [0.25, 0.3) is 0 Å². The second kappa shape index (κ2) is 9.28. The van der Waals surface area contributed by atoms with Crippen molar-refractivity contribution < 1.29 is 9.53 Å². The minimum Gasteiger partial charge on any atom is -0.464 e. The van der Waals surface area contributed by atoms with E-state index in [1.165, 1.54) is 0 Å². The van der Waals surface area contributed by atoms with Crippen LogP contribution in [0.15, 0.2) is 24.3 Å². The molecule has 0 aliphatic rings. The molecular weight excluding hydrogens is 261 g/mol. The molecule has 1 rings (SSSR count). The van der Waals surface area contributed by atoms with Crippen LogP contribution in [0.2, 0.25) is 5.02 Å². The molecule has 3 nitrogen and oxygen atoms in total. The predicted octanol–water partition coefficient (Wildman–Crippen LogP) is 2.46. The monoisotopic (exact) mass is 277 g/mol. The Balaban J connectivity index is 0.00000256. The van der Waals surface area contributed by atoms with Crippen LogP contribution >= 0.6 is 24.0 Å². The van der Waals surface area contributed by atoms with E-state index in [0.717, 1.165) is 12.1 Å². The average Bonchev–Trinajstić information content (AvgIpc) is 2.29. The van der Waals surface area contributed by atoms with Gasteiger partial charge in [0.2, 0.25) is 0 Å². The number of carbonyl (C=O) groups excluding carboxylic acids is 1. The van der Waals surface area contributed by atoms with Gasteiger partial charge in [-0.2, -0.15) is 0 Å². The van der Waals surface area contributed by atoms with Crippen LogP contribution in [0.5, 0.6) is 0 Å². The van der Waals surface area contributed by atoms with E-state index in [4.69, 9.17) is 16.3 Å². The van der Waals surface area contributed by atoms with Crippen molar-refractivity contribution in [3.8, 4) is 0 Å². The number of hydrogen-bond acceptors (Lipinski definition) is 3. The summed E-state index contributed by atoms with van der Waals surface area (Å²) in [6.07, 6.45) is 0.650. The standard InChI is InChI=1S/C12H16ClNO2.ClH/c1-2-14-9-12(15)16-8-7-10-5-3-4-6-11(10)13;/h3-6,14H,2,7-9H2,1H3;1H. The molecule has 0 radical (unpaired) electrons. The molecule has 0 saturated carbocycles. The van der Waals surface area contributed by atoms with Gasteiger partial charge < -0.3 is 10.1 Å².